The number of aryl methyl sites for hydroxylation is 1. The lowest BCUT2D eigenvalue weighted by Gasteiger charge is -2.53. The van der Waals surface area contributed by atoms with Crippen LogP contribution in [0.15, 0.2) is 59.5 Å². The molecule has 1 N–H and O–H groups in total. The molecule has 0 saturated heterocycles. The van der Waals surface area contributed by atoms with E-state index in [1.165, 1.54) is 69.0 Å². The van der Waals surface area contributed by atoms with E-state index in [1.807, 2.05) is 12.1 Å². The van der Waals surface area contributed by atoms with Gasteiger partial charge in [-0.2, -0.15) is 5.10 Å². The highest BCUT2D eigenvalue weighted by atomic mass is 32.2. The van der Waals surface area contributed by atoms with Gasteiger partial charge >= 0.3 is 0 Å². The van der Waals surface area contributed by atoms with Crippen LogP contribution in [0.25, 0.3) is 11.1 Å². The van der Waals surface area contributed by atoms with E-state index >= 15 is 0 Å². The van der Waals surface area contributed by atoms with E-state index in [2.05, 4.69) is 47.4 Å². The predicted molar refractivity (Wildman–Crippen MR) is 140 cm³/mol. The topological polar surface area (TPSA) is 64.0 Å². The number of fused-ring (bicyclic) bond motifs is 3. The number of nitrogens with zero attached hydrogens (tertiary/aromatic N) is 2. The number of sulfone groups is 1. The second-order valence-corrected chi connectivity index (χ2v) is 13.4. The van der Waals surface area contributed by atoms with Crippen LogP contribution in [0.5, 0.6) is 0 Å². The quantitative estimate of drug-likeness (QED) is 0.437. The van der Waals surface area contributed by atoms with Crippen molar-refractivity contribution in [3.8, 4) is 11.1 Å². The predicted octanol–water partition coefficient (Wildman–Crippen LogP) is 6.07. The van der Waals surface area contributed by atoms with Crippen LogP contribution in [0, 0.1) is 5.41 Å². The van der Waals surface area contributed by atoms with Crippen LogP contribution in [0.3, 0.4) is 0 Å². The molecule has 2 bridgehead atoms. The van der Waals surface area contributed by atoms with Gasteiger partial charge in [-0.3, -0.25) is 4.68 Å². The first-order valence-electron chi connectivity index (χ1n) is 12.9. The molecule has 5 nitrogen and oxygen atoms in total. The fourth-order valence-corrected chi connectivity index (χ4v) is 7.10. The van der Waals surface area contributed by atoms with Gasteiger partial charge in [0.05, 0.1) is 10.6 Å². The van der Waals surface area contributed by atoms with Crippen molar-refractivity contribution in [1.82, 2.24) is 9.78 Å². The maximum absolute atomic E-state index is 11.8. The van der Waals surface area contributed by atoms with Gasteiger partial charge in [0.2, 0.25) is 0 Å². The van der Waals surface area contributed by atoms with E-state index in [-0.39, 0.29) is 0 Å². The van der Waals surface area contributed by atoms with Crippen molar-refractivity contribution >= 4 is 15.5 Å². The summed E-state index contributed by atoms with van der Waals surface area (Å²) in [4.78, 5) is 0.357. The van der Waals surface area contributed by atoms with E-state index in [0.717, 1.165) is 29.3 Å². The summed E-state index contributed by atoms with van der Waals surface area (Å²) in [6.45, 7) is 1.01. The van der Waals surface area contributed by atoms with Gasteiger partial charge in [-0.15, -0.1) is 0 Å². The van der Waals surface area contributed by atoms with E-state index in [4.69, 9.17) is 5.10 Å². The smallest absolute Gasteiger partial charge is 0.175 e. The lowest BCUT2D eigenvalue weighted by atomic mass is 9.52. The summed E-state index contributed by atoms with van der Waals surface area (Å²) < 4.78 is 25.7. The third kappa shape index (κ3) is 4.31. The van der Waals surface area contributed by atoms with Gasteiger partial charge in [-0.25, -0.2) is 8.42 Å². The summed E-state index contributed by atoms with van der Waals surface area (Å²) in [5, 5.41) is 8.63. The number of aromatic nitrogens is 2. The lowest BCUT2D eigenvalue weighted by Crippen LogP contribution is -2.47. The molecule has 1 aromatic heterocycles. The van der Waals surface area contributed by atoms with Crippen molar-refractivity contribution in [3.05, 3.63) is 66.0 Å². The molecular weight excluding hydrogens is 454 g/mol. The van der Waals surface area contributed by atoms with Gasteiger partial charge in [0.1, 0.15) is 0 Å². The molecule has 0 unspecified atom stereocenters. The van der Waals surface area contributed by atoms with Crippen LogP contribution in [-0.2, 0) is 22.3 Å². The van der Waals surface area contributed by atoms with Crippen molar-refractivity contribution in [1.29, 1.82) is 0 Å². The van der Waals surface area contributed by atoms with E-state index in [9.17, 15) is 8.42 Å². The fraction of sp³-hybridized carbons (Fsp3) is 0.483. The third-order valence-electron chi connectivity index (χ3n) is 8.99. The summed E-state index contributed by atoms with van der Waals surface area (Å²) in [7, 11) is -1.03. The molecule has 0 radical (unpaired) electrons. The molecule has 0 atom stereocenters. The highest BCUT2D eigenvalue weighted by Gasteiger charge is 2.50. The Morgan fingerprint density at radius 2 is 1.63 bits per heavy atom. The van der Waals surface area contributed by atoms with Crippen LogP contribution in [0.4, 0.5) is 5.69 Å². The Kier molecular flexibility index (Phi) is 5.37. The molecule has 0 spiro atoms. The number of hydrogen-bond donors (Lipinski definition) is 1. The van der Waals surface area contributed by atoms with Gasteiger partial charge in [0, 0.05) is 42.6 Å². The molecule has 4 saturated carbocycles. The molecule has 4 aliphatic rings. The van der Waals surface area contributed by atoms with Gasteiger partial charge < -0.3 is 5.32 Å². The van der Waals surface area contributed by atoms with Gasteiger partial charge in [-0.05, 0) is 98.2 Å². The Morgan fingerprint density at radius 1 is 0.943 bits per heavy atom. The Hall–Kier alpha value is -2.60. The zero-order valence-electron chi connectivity index (χ0n) is 20.8. The van der Waals surface area contributed by atoms with Crippen LogP contribution >= 0.6 is 0 Å². The normalized spacial score (nSPS) is 26.1. The van der Waals surface area contributed by atoms with Crippen LogP contribution < -0.4 is 5.32 Å². The Balaban J connectivity index is 1.12. The molecule has 6 heteroatoms. The molecule has 0 aliphatic heterocycles. The first-order valence-corrected chi connectivity index (χ1v) is 14.8. The number of rotatable bonds is 7. The fourth-order valence-electron chi connectivity index (χ4n) is 6.47. The Morgan fingerprint density at radius 3 is 2.26 bits per heavy atom. The van der Waals surface area contributed by atoms with Crippen LogP contribution in [0.2, 0.25) is 0 Å². The SMILES string of the molecule is Cn1nc(C2CC2)cc1C12CCC(CNc3cccc(-c4ccc(S(C)(=O)=O)cc4)c3)(CC1)CC2. The summed E-state index contributed by atoms with van der Waals surface area (Å²) in [5.41, 5.74) is 6.78. The molecule has 4 aliphatic carbocycles. The highest BCUT2D eigenvalue weighted by Crippen LogP contribution is 2.58. The largest absolute Gasteiger partial charge is 0.384 e. The Bertz CT molecular complexity index is 1330. The van der Waals surface area contributed by atoms with Crippen molar-refractivity contribution < 1.29 is 8.42 Å². The molecule has 3 aromatic rings. The number of benzene rings is 2. The molecule has 2 aromatic carbocycles. The summed E-state index contributed by atoms with van der Waals surface area (Å²) in [6.07, 6.45) is 11.5. The number of hydrogen-bond acceptors (Lipinski definition) is 4. The minimum Gasteiger partial charge on any atom is -0.384 e. The van der Waals surface area contributed by atoms with E-state index < -0.39 is 9.84 Å². The zero-order valence-corrected chi connectivity index (χ0v) is 21.6. The average Bonchev–Trinajstić information content (AvgIpc) is 3.65. The molecular formula is C29H35N3O2S. The molecule has 7 rings (SSSR count). The van der Waals surface area contributed by atoms with Crippen molar-refractivity contribution in [3.63, 3.8) is 0 Å². The van der Waals surface area contributed by atoms with Gasteiger partial charge in [0.15, 0.2) is 9.84 Å². The summed E-state index contributed by atoms with van der Waals surface area (Å²) >= 11 is 0. The molecule has 35 heavy (non-hydrogen) atoms. The minimum atomic E-state index is -3.18. The maximum atomic E-state index is 11.8. The molecule has 1 heterocycles. The third-order valence-corrected chi connectivity index (χ3v) is 10.1. The number of anilines is 1. The zero-order chi connectivity index (χ0) is 24.3. The molecule has 0 amide bonds. The number of nitrogens with one attached hydrogen (secondary N) is 1. The average molecular weight is 490 g/mol. The van der Waals surface area contributed by atoms with E-state index in [0.29, 0.717) is 15.7 Å². The van der Waals surface area contributed by atoms with Crippen LogP contribution in [0.1, 0.15) is 68.7 Å². The van der Waals surface area contributed by atoms with E-state index in [1.54, 1.807) is 12.1 Å². The first-order chi connectivity index (χ1) is 16.8. The molecule has 184 valence electrons. The minimum absolute atomic E-state index is 0.328. The summed E-state index contributed by atoms with van der Waals surface area (Å²) in [6, 6.07) is 18.1. The van der Waals surface area contributed by atoms with Gasteiger partial charge in [0.25, 0.3) is 0 Å². The summed E-state index contributed by atoms with van der Waals surface area (Å²) in [5.74, 6) is 0.718. The van der Waals surface area contributed by atoms with Crippen molar-refractivity contribution in [2.24, 2.45) is 12.5 Å². The van der Waals surface area contributed by atoms with Crippen molar-refractivity contribution in [2.75, 3.05) is 18.1 Å². The second kappa shape index (κ2) is 8.22. The monoisotopic (exact) mass is 489 g/mol. The lowest BCUT2D eigenvalue weighted by molar-refractivity contribution is 0.0462. The standard InChI is InChI=1S/C29H35N3O2S/c1-32-27(19-26(31-32)22-6-7-22)29-15-12-28(13-16-29,14-17-29)20-30-24-5-3-4-23(18-24)21-8-10-25(11-9-21)35(2,33)34/h3-5,8-11,18-19,22,30H,6-7,12-17,20H2,1-2H3. The van der Waals surface area contributed by atoms with Gasteiger partial charge in [-0.1, -0.05) is 24.3 Å². The second-order valence-electron chi connectivity index (χ2n) is 11.4. The van der Waals surface area contributed by atoms with Crippen LogP contribution in [-0.4, -0.2) is 31.0 Å². The molecule has 4 fully saturated rings. The highest BCUT2D eigenvalue weighted by molar-refractivity contribution is 7.90. The van der Waals surface area contributed by atoms with Crippen molar-refractivity contribution in [2.45, 2.75) is 67.6 Å². The first kappa shape index (κ1) is 22.8. The maximum Gasteiger partial charge on any atom is 0.175 e. The Labute approximate surface area is 208 Å².